The smallest absolute Gasteiger partial charge is 0.320 e. The van der Waals surface area contributed by atoms with E-state index in [1.54, 1.807) is 7.11 Å². The monoisotopic (exact) mass is 288 g/mol. The van der Waals surface area contributed by atoms with Crippen LogP contribution in [0.25, 0.3) is 5.69 Å². The zero-order valence-corrected chi connectivity index (χ0v) is 12.5. The van der Waals surface area contributed by atoms with Crippen LogP contribution in [-0.4, -0.2) is 28.8 Å². The number of methoxy groups -OCH3 is 1. The maximum Gasteiger partial charge on any atom is 0.320 e. The third-order valence-corrected chi connectivity index (χ3v) is 3.62. The molecule has 5 nitrogen and oxygen atoms in total. The molecule has 0 aliphatic carbocycles. The number of benzene rings is 1. The Morgan fingerprint density at radius 2 is 2.05 bits per heavy atom. The van der Waals surface area contributed by atoms with Gasteiger partial charge >= 0.3 is 5.97 Å². The van der Waals surface area contributed by atoms with Gasteiger partial charge in [-0.1, -0.05) is 12.1 Å². The highest BCUT2D eigenvalue weighted by Crippen LogP contribution is 2.28. The van der Waals surface area contributed by atoms with Crippen molar-refractivity contribution in [3.05, 3.63) is 47.3 Å². The Bertz CT molecular complexity index is 662. The maximum absolute atomic E-state index is 10.9. The summed E-state index contributed by atoms with van der Waals surface area (Å²) in [5.74, 6) is -0.217. The number of hydrogen-bond donors (Lipinski definition) is 2. The summed E-state index contributed by atoms with van der Waals surface area (Å²) < 4.78 is 7.46. The predicted octanol–water partition coefficient (Wildman–Crippen LogP) is 2.06. The van der Waals surface area contributed by atoms with Gasteiger partial charge in [-0.15, -0.1) is 0 Å². The molecule has 0 radical (unpaired) electrons. The fourth-order valence-electron chi connectivity index (χ4n) is 2.55. The predicted molar refractivity (Wildman–Crippen MR) is 81.1 cm³/mol. The van der Waals surface area contributed by atoms with Gasteiger partial charge in [0.25, 0.3) is 0 Å². The van der Waals surface area contributed by atoms with Gasteiger partial charge in [-0.05, 0) is 37.6 Å². The summed E-state index contributed by atoms with van der Waals surface area (Å²) in [6.45, 7) is 3.94. The molecule has 2 rings (SSSR count). The van der Waals surface area contributed by atoms with Gasteiger partial charge in [0.1, 0.15) is 11.8 Å². The fourth-order valence-corrected chi connectivity index (χ4v) is 2.55. The van der Waals surface area contributed by atoms with Gasteiger partial charge in [0.05, 0.1) is 12.8 Å². The van der Waals surface area contributed by atoms with Crippen molar-refractivity contribution in [1.82, 2.24) is 4.57 Å². The zero-order valence-electron chi connectivity index (χ0n) is 12.5. The van der Waals surface area contributed by atoms with E-state index < -0.39 is 12.0 Å². The van der Waals surface area contributed by atoms with E-state index in [1.165, 1.54) is 0 Å². The minimum Gasteiger partial charge on any atom is -0.495 e. The number of carboxylic acid groups (broad SMARTS) is 1. The Labute approximate surface area is 124 Å². The SMILES string of the molecule is COc1ccccc1-n1c(C)cc(CC(N)C(=O)O)c1C. The molecule has 0 saturated heterocycles. The summed E-state index contributed by atoms with van der Waals surface area (Å²) in [7, 11) is 1.63. The lowest BCUT2D eigenvalue weighted by molar-refractivity contribution is -0.138. The number of carboxylic acids is 1. The average molecular weight is 288 g/mol. The molecule has 0 saturated carbocycles. The van der Waals surface area contributed by atoms with Crippen LogP contribution in [0.3, 0.4) is 0 Å². The summed E-state index contributed by atoms with van der Waals surface area (Å²) in [5.41, 5.74) is 9.51. The molecule has 1 unspecified atom stereocenters. The fraction of sp³-hybridized carbons (Fsp3) is 0.312. The lowest BCUT2D eigenvalue weighted by Crippen LogP contribution is -2.32. The van der Waals surface area contributed by atoms with Crippen LogP contribution >= 0.6 is 0 Å². The molecule has 21 heavy (non-hydrogen) atoms. The molecule has 2 aromatic rings. The van der Waals surface area contributed by atoms with Crippen molar-refractivity contribution >= 4 is 5.97 Å². The lowest BCUT2D eigenvalue weighted by atomic mass is 10.1. The van der Waals surface area contributed by atoms with Gasteiger partial charge in [0.2, 0.25) is 0 Å². The normalized spacial score (nSPS) is 12.2. The molecular weight excluding hydrogens is 268 g/mol. The molecule has 1 aromatic carbocycles. The number of aryl methyl sites for hydroxylation is 1. The minimum absolute atomic E-state index is 0.310. The molecule has 112 valence electrons. The summed E-state index contributed by atoms with van der Waals surface area (Å²) >= 11 is 0. The van der Waals surface area contributed by atoms with E-state index in [0.717, 1.165) is 28.4 Å². The number of hydrogen-bond acceptors (Lipinski definition) is 3. The van der Waals surface area contributed by atoms with Crippen LogP contribution in [0.5, 0.6) is 5.75 Å². The highest BCUT2D eigenvalue weighted by atomic mass is 16.5. The Morgan fingerprint density at radius 1 is 1.38 bits per heavy atom. The first-order valence-corrected chi connectivity index (χ1v) is 6.75. The van der Waals surface area contributed by atoms with Gasteiger partial charge in [0, 0.05) is 17.8 Å². The molecule has 0 bridgehead atoms. The first-order chi connectivity index (χ1) is 9.95. The second-order valence-electron chi connectivity index (χ2n) is 5.05. The van der Waals surface area contributed by atoms with Crippen LogP contribution in [0, 0.1) is 13.8 Å². The summed E-state index contributed by atoms with van der Waals surface area (Å²) in [6, 6.07) is 8.81. The van der Waals surface area contributed by atoms with Crippen molar-refractivity contribution in [2.45, 2.75) is 26.3 Å². The number of rotatable bonds is 5. The first-order valence-electron chi connectivity index (χ1n) is 6.75. The minimum atomic E-state index is -0.989. The third kappa shape index (κ3) is 2.92. The Balaban J connectivity index is 2.46. The van der Waals surface area contributed by atoms with Crippen LogP contribution in [0.2, 0.25) is 0 Å². The molecule has 0 fully saturated rings. The largest absolute Gasteiger partial charge is 0.495 e. The number of ether oxygens (including phenoxy) is 1. The van der Waals surface area contributed by atoms with E-state index >= 15 is 0 Å². The third-order valence-electron chi connectivity index (χ3n) is 3.62. The summed E-state index contributed by atoms with van der Waals surface area (Å²) in [5, 5.41) is 8.96. The highest BCUT2D eigenvalue weighted by molar-refractivity contribution is 5.73. The Morgan fingerprint density at radius 3 is 2.67 bits per heavy atom. The second-order valence-corrected chi connectivity index (χ2v) is 5.05. The van der Waals surface area contributed by atoms with Gasteiger partial charge in [0.15, 0.2) is 0 Å². The zero-order chi connectivity index (χ0) is 15.6. The van der Waals surface area contributed by atoms with Gasteiger partial charge < -0.3 is 20.1 Å². The number of aliphatic carboxylic acids is 1. The van der Waals surface area contributed by atoms with Crippen molar-refractivity contribution in [3.63, 3.8) is 0 Å². The van der Waals surface area contributed by atoms with Crippen molar-refractivity contribution in [2.75, 3.05) is 7.11 Å². The molecular formula is C16H20N2O3. The maximum atomic E-state index is 10.9. The molecule has 1 aromatic heterocycles. The topological polar surface area (TPSA) is 77.5 Å². The van der Waals surface area contributed by atoms with E-state index in [2.05, 4.69) is 4.57 Å². The summed E-state index contributed by atoms with van der Waals surface area (Å²) in [4.78, 5) is 10.9. The standard InChI is InChI=1S/C16H20N2O3/c1-10-8-12(9-13(17)16(19)20)11(2)18(10)14-6-4-5-7-15(14)21-3/h4-8,13H,9,17H2,1-3H3,(H,19,20). The average Bonchev–Trinajstić information content (AvgIpc) is 2.73. The van der Waals surface area contributed by atoms with Crippen molar-refractivity contribution < 1.29 is 14.6 Å². The van der Waals surface area contributed by atoms with Crippen molar-refractivity contribution in [3.8, 4) is 11.4 Å². The number of aromatic nitrogens is 1. The van der Waals surface area contributed by atoms with Crippen molar-refractivity contribution in [1.29, 1.82) is 0 Å². The van der Waals surface area contributed by atoms with Gasteiger partial charge in [-0.2, -0.15) is 0 Å². The van der Waals surface area contributed by atoms with Crippen molar-refractivity contribution in [2.24, 2.45) is 5.73 Å². The molecule has 0 spiro atoms. The summed E-state index contributed by atoms with van der Waals surface area (Å²) in [6.07, 6.45) is 0.310. The Hall–Kier alpha value is -2.27. The first kappa shape index (κ1) is 15.1. The number of nitrogens with zero attached hydrogens (tertiary/aromatic N) is 1. The molecule has 0 aliphatic heterocycles. The molecule has 0 amide bonds. The number of para-hydroxylation sites is 2. The van der Waals surface area contributed by atoms with Crippen LogP contribution in [0.15, 0.2) is 30.3 Å². The molecule has 1 heterocycles. The van der Waals surface area contributed by atoms with E-state index in [0.29, 0.717) is 6.42 Å². The van der Waals surface area contributed by atoms with Crippen LogP contribution in [0.1, 0.15) is 17.0 Å². The Kier molecular flexibility index (Phi) is 4.33. The number of nitrogens with two attached hydrogens (primary N) is 1. The van der Waals surface area contributed by atoms with Crippen LogP contribution in [0.4, 0.5) is 0 Å². The second kappa shape index (κ2) is 6.01. The van der Waals surface area contributed by atoms with Crippen LogP contribution < -0.4 is 10.5 Å². The quantitative estimate of drug-likeness (QED) is 0.882. The van der Waals surface area contributed by atoms with Crippen LogP contribution in [-0.2, 0) is 11.2 Å². The van der Waals surface area contributed by atoms with E-state index in [-0.39, 0.29) is 0 Å². The molecule has 5 heteroatoms. The lowest BCUT2D eigenvalue weighted by Gasteiger charge is -2.14. The highest BCUT2D eigenvalue weighted by Gasteiger charge is 2.18. The van der Waals surface area contributed by atoms with E-state index in [4.69, 9.17) is 15.6 Å². The van der Waals surface area contributed by atoms with Gasteiger partial charge in [-0.3, -0.25) is 4.79 Å². The molecule has 0 aliphatic rings. The van der Waals surface area contributed by atoms with E-state index in [9.17, 15) is 4.79 Å². The van der Waals surface area contributed by atoms with E-state index in [1.807, 2.05) is 44.2 Å². The number of carbonyl (C=O) groups is 1. The molecule has 1 atom stereocenters. The molecule has 3 N–H and O–H groups in total. The van der Waals surface area contributed by atoms with Gasteiger partial charge in [-0.25, -0.2) is 0 Å².